The van der Waals surface area contributed by atoms with Gasteiger partial charge in [-0.3, -0.25) is 0 Å². The summed E-state index contributed by atoms with van der Waals surface area (Å²) in [6.45, 7) is 4.79. The second-order valence-corrected chi connectivity index (χ2v) is 13.7. The summed E-state index contributed by atoms with van der Waals surface area (Å²) in [6.07, 6.45) is 12.8. The van der Waals surface area contributed by atoms with Crippen molar-refractivity contribution in [1.29, 1.82) is 0 Å². The number of fused-ring (bicyclic) bond motifs is 2. The van der Waals surface area contributed by atoms with Gasteiger partial charge in [0, 0.05) is 0 Å². The van der Waals surface area contributed by atoms with E-state index in [9.17, 15) is 0 Å². The fraction of sp³-hybridized carbons (Fsp3) is 1.00. The van der Waals surface area contributed by atoms with Crippen LogP contribution in [0.4, 0.5) is 0 Å². The molecule has 3 heterocycles. The first kappa shape index (κ1) is 16.3. The molecule has 0 aromatic carbocycles. The molecule has 136 valence electrons. The first-order valence-electron chi connectivity index (χ1n) is 10.7. The number of hydrogen-bond acceptors (Lipinski definition) is 3. The summed E-state index contributed by atoms with van der Waals surface area (Å²) in [5.41, 5.74) is 0.171. The van der Waals surface area contributed by atoms with Gasteiger partial charge in [0.2, 0.25) is 0 Å². The minimum Gasteiger partial charge on any atom is -0.411 e. The van der Waals surface area contributed by atoms with E-state index in [0.29, 0.717) is 24.4 Å². The van der Waals surface area contributed by atoms with Crippen LogP contribution in [0.15, 0.2) is 0 Å². The summed E-state index contributed by atoms with van der Waals surface area (Å²) in [5.74, 6) is 1.48. The van der Waals surface area contributed by atoms with Crippen molar-refractivity contribution in [2.45, 2.75) is 113 Å². The quantitative estimate of drug-likeness (QED) is 0.546. The first-order chi connectivity index (χ1) is 11.7. The summed E-state index contributed by atoms with van der Waals surface area (Å²) in [5, 5.41) is 0. The molecule has 0 aromatic rings. The standard InChI is InChI=1S/C20H34O3Si/c1-3-24(4-2)11-5-10-20(23-24,14-6-8-16-18(12-14)21-16)15-7-9-17-19(13-15)22-17/h14-19H,3-13H2,1-2H3. The summed E-state index contributed by atoms with van der Waals surface area (Å²) in [4.78, 5) is 0. The summed E-state index contributed by atoms with van der Waals surface area (Å²) >= 11 is 0. The third-order valence-electron chi connectivity index (χ3n) is 8.29. The van der Waals surface area contributed by atoms with Crippen LogP contribution in [-0.2, 0) is 13.9 Å². The van der Waals surface area contributed by atoms with E-state index >= 15 is 0 Å². The van der Waals surface area contributed by atoms with Gasteiger partial charge in [-0.2, -0.15) is 0 Å². The minimum atomic E-state index is -1.53. The Morgan fingerprint density at radius 2 is 1.42 bits per heavy atom. The van der Waals surface area contributed by atoms with E-state index in [1.54, 1.807) is 0 Å². The zero-order valence-corrected chi connectivity index (χ0v) is 16.5. The Hall–Kier alpha value is 0.0969. The average Bonchev–Trinajstić information content (AvgIpc) is 3.54. The molecule has 2 aliphatic carbocycles. The summed E-state index contributed by atoms with van der Waals surface area (Å²) in [7, 11) is -1.53. The molecule has 4 heteroatoms. The van der Waals surface area contributed by atoms with Crippen LogP contribution >= 0.6 is 0 Å². The molecular weight excluding hydrogens is 316 g/mol. The van der Waals surface area contributed by atoms with Crippen LogP contribution in [0, 0.1) is 11.8 Å². The van der Waals surface area contributed by atoms with Gasteiger partial charge in [0.1, 0.15) is 0 Å². The van der Waals surface area contributed by atoms with Gasteiger partial charge in [0.15, 0.2) is 8.32 Å². The van der Waals surface area contributed by atoms with Crippen LogP contribution in [0.3, 0.4) is 0 Å². The van der Waals surface area contributed by atoms with Crippen molar-refractivity contribution in [2.24, 2.45) is 11.8 Å². The van der Waals surface area contributed by atoms with Crippen molar-refractivity contribution in [2.75, 3.05) is 0 Å². The molecule has 0 spiro atoms. The van der Waals surface area contributed by atoms with E-state index in [2.05, 4.69) is 13.8 Å². The lowest BCUT2D eigenvalue weighted by Crippen LogP contribution is -2.59. The van der Waals surface area contributed by atoms with E-state index in [0.717, 1.165) is 11.8 Å². The monoisotopic (exact) mass is 350 g/mol. The predicted molar refractivity (Wildman–Crippen MR) is 96.6 cm³/mol. The molecule has 0 bridgehead atoms. The zero-order chi connectivity index (χ0) is 16.4. The smallest absolute Gasteiger partial charge is 0.193 e. The fourth-order valence-electron chi connectivity index (χ4n) is 6.54. The molecule has 6 unspecified atom stereocenters. The number of rotatable bonds is 4. The maximum absolute atomic E-state index is 7.40. The molecule has 0 amide bonds. The highest BCUT2D eigenvalue weighted by atomic mass is 28.4. The SMILES string of the molecule is CC[Si]1(CC)CCCC(C2CCC3OC3C2)(C2CCC3OC3C2)O1. The molecule has 3 aliphatic heterocycles. The maximum atomic E-state index is 7.40. The lowest BCUT2D eigenvalue weighted by Gasteiger charge is -2.56. The second-order valence-electron chi connectivity index (χ2n) is 9.25. The van der Waals surface area contributed by atoms with Crippen LogP contribution < -0.4 is 0 Å². The van der Waals surface area contributed by atoms with Crippen molar-refractivity contribution in [3.05, 3.63) is 0 Å². The minimum absolute atomic E-state index is 0.171. The summed E-state index contributed by atoms with van der Waals surface area (Å²) < 4.78 is 19.2. The molecule has 0 aromatic heterocycles. The molecule has 24 heavy (non-hydrogen) atoms. The van der Waals surface area contributed by atoms with Gasteiger partial charge < -0.3 is 13.9 Å². The summed E-state index contributed by atoms with van der Waals surface area (Å²) in [6, 6.07) is 4.00. The third-order valence-corrected chi connectivity index (χ3v) is 12.9. The Bertz CT molecular complexity index is 463. The zero-order valence-electron chi connectivity index (χ0n) is 15.5. The highest BCUT2D eigenvalue weighted by Crippen LogP contribution is 2.57. The Balaban J connectivity index is 1.45. The van der Waals surface area contributed by atoms with E-state index in [1.165, 1.54) is 69.5 Å². The lowest BCUT2D eigenvalue weighted by atomic mass is 9.64. The van der Waals surface area contributed by atoms with Gasteiger partial charge >= 0.3 is 0 Å². The lowest BCUT2D eigenvalue weighted by molar-refractivity contribution is -0.0905. The molecule has 5 rings (SSSR count). The Morgan fingerprint density at radius 3 is 1.92 bits per heavy atom. The Kier molecular flexibility index (Phi) is 3.93. The van der Waals surface area contributed by atoms with Crippen LogP contribution in [-0.4, -0.2) is 38.3 Å². The fourth-order valence-corrected chi connectivity index (χ4v) is 10.2. The van der Waals surface area contributed by atoms with Crippen molar-refractivity contribution in [3.8, 4) is 0 Å². The van der Waals surface area contributed by atoms with Gasteiger partial charge in [-0.25, -0.2) is 0 Å². The van der Waals surface area contributed by atoms with Gasteiger partial charge in [-0.1, -0.05) is 20.3 Å². The number of epoxide rings is 2. The third kappa shape index (κ3) is 2.55. The van der Waals surface area contributed by atoms with Gasteiger partial charge in [0.25, 0.3) is 0 Å². The normalized spacial score (nSPS) is 52.2. The van der Waals surface area contributed by atoms with Crippen molar-refractivity contribution in [3.63, 3.8) is 0 Å². The topological polar surface area (TPSA) is 34.3 Å². The molecule has 3 saturated heterocycles. The van der Waals surface area contributed by atoms with Crippen LogP contribution in [0.1, 0.15) is 65.2 Å². The van der Waals surface area contributed by atoms with E-state index in [-0.39, 0.29) is 5.60 Å². The average molecular weight is 351 g/mol. The Morgan fingerprint density at radius 1 is 0.833 bits per heavy atom. The van der Waals surface area contributed by atoms with Crippen molar-refractivity contribution < 1.29 is 13.9 Å². The highest BCUT2D eigenvalue weighted by molar-refractivity contribution is 6.73. The molecule has 0 radical (unpaired) electrons. The first-order valence-corrected chi connectivity index (χ1v) is 13.2. The van der Waals surface area contributed by atoms with Gasteiger partial charge in [-0.05, 0) is 74.9 Å². The van der Waals surface area contributed by atoms with E-state index in [4.69, 9.17) is 13.9 Å². The molecule has 3 nitrogen and oxygen atoms in total. The second kappa shape index (κ2) is 5.80. The van der Waals surface area contributed by atoms with Crippen LogP contribution in [0.2, 0.25) is 18.1 Å². The van der Waals surface area contributed by atoms with Gasteiger partial charge in [0.05, 0.1) is 30.0 Å². The largest absolute Gasteiger partial charge is 0.411 e. The van der Waals surface area contributed by atoms with Crippen LogP contribution in [0.25, 0.3) is 0 Å². The molecule has 5 aliphatic rings. The van der Waals surface area contributed by atoms with Crippen molar-refractivity contribution in [1.82, 2.24) is 0 Å². The molecule has 0 N–H and O–H groups in total. The van der Waals surface area contributed by atoms with Crippen LogP contribution in [0.5, 0.6) is 0 Å². The van der Waals surface area contributed by atoms with E-state index < -0.39 is 8.32 Å². The highest BCUT2D eigenvalue weighted by Gasteiger charge is 2.59. The maximum Gasteiger partial charge on any atom is 0.193 e. The molecule has 6 atom stereocenters. The predicted octanol–water partition coefficient (Wildman–Crippen LogP) is 4.66. The molecular formula is C20H34O3Si. The van der Waals surface area contributed by atoms with Crippen molar-refractivity contribution >= 4 is 8.32 Å². The molecule has 2 saturated carbocycles. The molecule has 5 fully saturated rings. The Labute approximate surface area is 147 Å². The number of hydrogen-bond donors (Lipinski definition) is 0. The van der Waals surface area contributed by atoms with Gasteiger partial charge in [-0.15, -0.1) is 0 Å². The number of ether oxygens (including phenoxy) is 2. The van der Waals surface area contributed by atoms with E-state index in [1.807, 2.05) is 0 Å².